The van der Waals surface area contributed by atoms with Crippen LogP contribution in [0.25, 0.3) is 33.3 Å². The predicted molar refractivity (Wildman–Crippen MR) is 111 cm³/mol. The molecule has 0 aliphatic carbocycles. The van der Waals surface area contributed by atoms with Crippen molar-refractivity contribution in [2.24, 2.45) is 0 Å². The largest absolute Gasteiger partial charge is 0.494 e. The second-order valence-electron chi connectivity index (χ2n) is 6.68. The molecule has 0 bridgehead atoms. The summed E-state index contributed by atoms with van der Waals surface area (Å²) in [5.41, 5.74) is 1.99. The number of ether oxygens (including phenoxy) is 1. The lowest BCUT2D eigenvalue weighted by Gasteiger charge is -2.10. The highest BCUT2D eigenvalue weighted by Gasteiger charge is 2.15. The van der Waals surface area contributed by atoms with E-state index in [-0.39, 0.29) is 10.9 Å². The number of carbonyl (C=O) groups is 1. The van der Waals surface area contributed by atoms with E-state index in [1.165, 1.54) is 24.3 Å². The summed E-state index contributed by atoms with van der Waals surface area (Å²) in [6.07, 6.45) is 0. The van der Waals surface area contributed by atoms with Crippen molar-refractivity contribution in [3.8, 4) is 28.1 Å². The number of aromatic carboxylic acids is 1. The molecule has 0 saturated heterocycles. The van der Waals surface area contributed by atoms with Gasteiger partial charge in [-0.2, -0.15) is 0 Å². The van der Waals surface area contributed by atoms with Crippen molar-refractivity contribution in [3.05, 3.63) is 83.9 Å². The zero-order chi connectivity index (χ0) is 21.3. The number of halogens is 2. The fourth-order valence-corrected chi connectivity index (χ4v) is 3.35. The van der Waals surface area contributed by atoms with E-state index in [0.717, 1.165) is 6.07 Å². The Balaban J connectivity index is 1.80. The van der Waals surface area contributed by atoms with Crippen molar-refractivity contribution in [2.75, 3.05) is 6.61 Å². The first-order valence-corrected chi connectivity index (χ1v) is 9.33. The Morgan fingerprint density at radius 3 is 2.57 bits per heavy atom. The van der Waals surface area contributed by atoms with Crippen LogP contribution in [0.15, 0.2) is 66.7 Å². The van der Waals surface area contributed by atoms with Crippen molar-refractivity contribution >= 4 is 16.9 Å². The van der Waals surface area contributed by atoms with Crippen LogP contribution in [-0.2, 0) is 0 Å². The van der Waals surface area contributed by atoms with E-state index in [9.17, 15) is 18.7 Å². The summed E-state index contributed by atoms with van der Waals surface area (Å²) in [4.78, 5) is 16.1. The highest BCUT2D eigenvalue weighted by Crippen LogP contribution is 2.31. The Hall–Kier alpha value is -3.80. The third-order valence-electron chi connectivity index (χ3n) is 4.72. The number of benzene rings is 3. The molecular formula is C24H17F2NO3. The lowest BCUT2D eigenvalue weighted by Crippen LogP contribution is -2.01. The third-order valence-corrected chi connectivity index (χ3v) is 4.72. The summed E-state index contributed by atoms with van der Waals surface area (Å²) in [7, 11) is 0. The zero-order valence-electron chi connectivity index (χ0n) is 16.0. The maximum absolute atomic E-state index is 14.9. The predicted octanol–water partition coefficient (Wildman–Crippen LogP) is 5.94. The second-order valence-corrected chi connectivity index (χ2v) is 6.68. The van der Waals surface area contributed by atoms with Crippen LogP contribution in [0.5, 0.6) is 5.75 Å². The number of carboxylic acids is 1. The van der Waals surface area contributed by atoms with E-state index in [2.05, 4.69) is 4.98 Å². The first-order chi connectivity index (χ1) is 14.5. The van der Waals surface area contributed by atoms with Gasteiger partial charge in [0, 0.05) is 16.5 Å². The Bertz CT molecular complexity index is 1270. The van der Waals surface area contributed by atoms with Gasteiger partial charge in [-0.3, -0.25) is 0 Å². The molecule has 0 amide bonds. The normalized spacial score (nSPS) is 10.9. The van der Waals surface area contributed by atoms with Crippen LogP contribution in [-0.4, -0.2) is 22.7 Å². The van der Waals surface area contributed by atoms with Crippen LogP contribution in [0.4, 0.5) is 8.78 Å². The van der Waals surface area contributed by atoms with Crippen LogP contribution in [0.3, 0.4) is 0 Å². The lowest BCUT2D eigenvalue weighted by molar-refractivity contribution is 0.0699. The van der Waals surface area contributed by atoms with Gasteiger partial charge in [0.05, 0.1) is 23.4 Å². The van der Waals surface area contributed by atoms with Crippen LogP contribution in [0.2, 0.25) is 0 Å². The molecule has 150 valence electrons. The first-order valence-electron chi connectivity index (χ1n) is 9.33. The van der Waals surface area contributed by atoms with E-state index in [0.29, 0.717) is 40.3 Å². The maximum atomic E-state index is 14.9. The molecule has 0 atom stereocenters. The van der Waals surface area contributed by atoms with Gasteiger partial charge < -0.3 is 9.84 Å². The fraction of sp³-hybridized carbons (Fsp3) is 0.0833. The summed E-state index contributed by atoms with van der Waals surface area (Å²) < 4.78 is 34.0. The number of carboxylic acid groups (broad SMARTS) is 1. The molecule has 0 aliphatic rings. The summed E-state index contributed by atoms with van der Waals surface area (Å²) in [6, 6.07) is 16.8. The average Bonchev–Trinajstić information content (AvgIpc) is 2.73. The molecule has 0 unspecified atom stereocenters. The fourth-order valence-electron chi connectivity index (χ4n) is 3.35. The quantitative estimate of drug-likeness (QED) is 0.446. The number of fused-ring (bicyclic) bond motifs is 1. The number of nitrogens with zero attached hydrogens (tertiary/aromatic N) is 1. The molecule has 4 nitrogen and oxygen atoms in total. The van der Waals surface area contributed by atoms with Crippen LogP contribution in [0, 0.1) is 11.6 Å². The Morgan fingerprint density at radius 2 is 1.83 bits per heavy atom. The van der Waals surface area contributed by atoms with Gasteiger partial charge in [-0.15, -0.1) is 0 Å². The highest BCUT2D eigenvalue weighted by atomic mass is 19.1. The van der Waals surface area contributed by atoms with E-state index < -0.39 is 17.6 Å². The SMILES string of the molecule is CCOc1cccc(-c2ccc(-c3cc(C(=O)O)c4cc(F)ccc4n3)cc2F)c1. The monoisotopic (exact) mass is 405 g/mol. The van der Waals surface area contributed by atoms with Gasteiger partial charge in [-0.05, 0) is 55.0 Å². The molecule has 1 N–H and O–H groups in total. The van der Waals surface area contributed by atoms with Crippen molar-refractivity contribution < 1.29 is 23.4 Å². The molecule has 4 rings (SSSR count). The van der Waals surface area contributed by atoms with Gasteiger partial charge in [0.2, 0.25) is 0 Å². The number of pyridine rings is 1. The van der Waals surface area contributed by atoms with Crippen molar-refractivity contribution in [1.29, 1.82) is 0 Å². The summed E-state index contributed by atoms with van der Waals surface area (Å²) in [5, 5.41) is 9.72. The molecule has 4 aromatic rings. The number of hydrogen-bond donors (Lipinski definition) is 1. The molecule has 1 heterocycles. The summed E-state index contributed by atoms with van der Waals surface area (Å²) in [5.74, 6) is -1.59. The first kappa shape index (κ1) is 19.5. The lowest BCUT2D eigenvalue weighted by atomic mass is 10.00. The average molecular weight is 405 g/mol. The van der Waals surface area contributed by atoms with Crippen LogP contribution >= 0.6 is 0 Å². The molecule has 0 radical (unpaired) electrons. The maximum Gasteiger partial charge on any atom is 0.336 e. The van der Waals surface area contributed by atoms with Gasteiger partial charge in [0.1, 0.15) is 17.4 Å². The summed E-state index contributed by atoms with van der Waals surface area (Å²) in [6.45, 7) is 2.38. The molecule has 0 saturated carbocycles. The summed E-state index contributed by atoms with van der Waals surface area (Å²) >= 11 is 0. The standard InChI is InChI=1S/C24H17F2NO3/c1-2-30-17-5-3-4-14(10-17)18-8-6-15(11-21(18)26)23-13-20(24(28)29)19-12-16(25)7-9-22(19)27-23/h3-13H,2H2,1H3,(H,28,29). The van der Waals surface area contributed by atoms with E-state index >= 15 is 0 Å². The molecule has 3 aromatic carbocycles. The molecule has 0 fully saturated rings. The molecule has 0 aliphatic heterocycles. The Kier molecular flexibility index (Phi) is 5.14. The number of aromatic nitrogens is 1. The minimum atomic E-state index is -1.21. The Labute approximate surface area is 171 Å². The van der Waals surface area contributed by atoms with E-state index in [1.807, 2.05) is 6.92 Å². The Morgan fingerprint density at radius 1 is 1.00 bits per heavy atom. The van der Waals surface area contributed by atoms with Crippen LogP contribution in [0.1, 0.15) is 17.3 Å². The zero-order valence-corrected chi connectivity index (χ0v) is 16.0. The molecule has 1 aromatic heterocycles. The number of rotatable bonds is 5. The van der Waals surface area contributed by atoms with Crippen molar-refractivity contribution in [1.82, 2.24) is 4.98 Å². The minimum absolute atomic E-state index is 0.0941. The van der Waals surface area contributed by atoms with E-state index in [4.69, 9.17) is 4.74 Å². The van der Waals surface area contributed by atoms with Gasteiger partial charge in [0.25, 0.3) is 0 Å². The van der Waals surface area contributed by atoms with Crippen molar-refractivity contribution in [2.45, 2.75) is 6.92 Å². The van der Waals surface area contributed by atoms with Gasteiger partial charge >= 0.3 is 5.97 Å². The van der Waals surface area contributed by atoms with Crippen LogP contribution < -0.4 is 4.74 Å². The van der Waals surface area contributed by atoms with Gasteiger partial charge in [0.15, 0.2) is 0 Å². The topological polar surface area (TPSA) is 59.4 Å². The van der Waals surface area contributed by atoms with Gasteiger partial charge in [-0.1, -0.05) is 24.3 Å². The van der Waals surface area contributed by atoms with Crippen molar-refractivity contribution in [3.63, 3.8) is 0 Å². The molecule has 0 spiro atoms. The van der Waals surface area contributed by atoms with E-state index in [1.54, 1.807) is 36.4 Å². The second kappa shape index (κ2) is 7.91. The minimum Gasteiger partial charge on any atom is -0.494 e. The highest BCUT2D eigenvalue weighted by molar-refractivity contribution is 6.03. The smallest absolute Gasteiger partial charge is 0.336 e. The molecule has 6 heteroatoms. The molecular weight excluding hydrogens is 388 g/mol. The third kappa shape index (κ3) is 3.72. The van der Waals surface area contributed by atoms with Gasteiger partial charge in [-0.25, -0.2) is 18.6 Å². The molecule has 30 heavy (non-hydrogen) atoms. The number of hydrogen-bond acceptors (Lipinski definition) is 3.